The topological polar surface area (TPSA) is 50.7 Å². The third kappa shape index (κ3) is 3.93. The second kappa shape index (κ2) is 7.44. The van der Waals surface area contributed by atoms with E-state index in [1.807, 2.05) is 5.38 Å². The van der Waals surface area contributed by atoms with E-state index in [1.54, 1.807) is 0 Å². The number of nitrogens with one attached hydrogen (secondary N) is 1. The van der Waals surface area contributed by atoms with E-state index in [-0.39, 0.29) is 5.82 Å². The number of hydrogen-bond donors (Lipinski definition) is 1. The number of thiophene rings is 1. The number of aromatic nitrogens is 3. The van der Waals surface area contributed by atoms with Gasteiger partial charge in [-0.3, -0.25) is 0 Å². The highest BCUT2D eigenvalue weighted by Gasteiger charge is 2.30. The van der Waals surface area contributed by atoms with Crippen LogP contribution >= 0.6 is 11.3 Å². The second-order valence-corrected chi connectivity index (χ2v) is 7.74. The van der Waals surface area contributed by atoms with Gasteiger partial charge in [-0.05, 0) is 29.2 Å². The van der Waals surface area contributed by atoms with Crippen LogP contribution in [-0.2, 0) is 6.18 Å². The molecule has 3 heterocycles. The lowest BCUT2D eigenvalue weighted by molar-refractivity contribution is -0.137. The maximum absolute atomic E-state index is 12.8. The lowest BCUT2D eigenvalue weighted by Gasteiger charge is -2.10. The number of rotatable bonds is 4. The molecule has 0 aliphatic carbocycles. The highest BCUT2D eigenvalue weighted by molar-refractivity contribution is 7.17. The summed E-state index contributed by atoms with van der Waals surface area (Å²) in [5.74, 6) is 1.23. The van der Waals surface area contributed by atoms with Gasteiger partial charge >= 0.3 is 6.18 Å². The van der Waals surface area contributed by atoms with Crippen molar-refractivity contribution in [2.45, 2.75) is 25.9 Å². The minimum absolute atomic E-state index is 0.283. The highest BCUT2D eigenvalue weighted by atomic mass is 32.1. The zero-order valence-corrected chi connectivity index (χ0v) is 16.5. The molecule has 1 N–H and O–H groups in total. The first kappa shape index (κ1) is 19.3. The summed E-state index contributed by atoms with van der Waals surface area (Å²) >= 11 is 1.49. The minimum Gasteiger partial charge on any atom is -0.324 e. The molecule has 148 valence electrons. The van der Waals surface area contributed by atoms with Crippen molar-refractivity contribution in [2.24, 2.45) is 0 Å². The number of alkyl halides is 3. The van der Waals surface area contributed by atoms with E-state index in [4.69, 9.17) is 0 Å². The molecule has 0 aliphatic rings. The Morgan fingerprint density at radius 1 is 0.966 bits per heavy atom. The van der Waals surface area contributed by atoms with Crippen molar-refractivity contribution in [1.82, 2.24) is 15.0 Å². The molecular formula is C21H17F3N4S. The van der Waals surface area contributed by atoms with Crippen LogP contribution in [0.5, 0.6) is 0 Å². The second-order valence-electron chi connectivity index (χ2n) is 6.88. The molecule has 0 fully saturated rings. The maximum Gasteiger partial charge on any atom is 0.417 e. The third-order valence-corrected chi connectivity index (χ3v) is 5.48. The average molecular weight is 414 g/mol. The molecule has 0 bridgehead atoms. The molecule has 0 saturated carbocycles. The Morgan fingerprint density at radius 3 is 2.34 bits per heavy atom. The number of fused-ring (bicyclic) bond motifs is 1. The summed E-state index contributed by atoms with van der Waals surface area (Å²) in [6, 6.07) is 10.6. The first-order chi connectivity index (χ1) is 13.8. The molecule has 4 nitrogen and oxygen atoms in total. The summed E-state index contributed by atoms with van der Waals surface area (Å²) in [6.07, 6.45) is -2.19. The Morgan fingerprint density at radius 2 is 1.72 bits per heavy atom. The molecule has 29 heavy (non-hydrogen) atoms. The summed E-state index contributed by atoms with van der Waals surface area (Å²) in [5, 5.41) is 5.85. The molecule has 0 amide bonds. The predicted octanol–water partition coefficient (Wildman–Crippen LogP) is 6.64. The van der Waals surface area contributed by atoms with Gasteiger partial charge in [0.15, 0.2) is 0 Å². The average Bonchev–Trinajstić information content (AvgIpc) is 3.13. The zero-order valence-electron chi connectivity index (χ0n) is 15.7. The lowest BCUT2D eigenvalue weighted by Crippen LogP contribution is -2.06. The van der Waals surface area contributed by atoms with Crippen LogP contribution in [0.2, 0.25) is 0 Å². The molecule has 0 radical (unpaired) electrons. The molecule has 1 aromatic carbocycles. The Hall–Kier alpha value is -3.00. The third-order valence-electron chi connectivity index (χ3n) is 4.60. The number of hydrogen-bond acceptors (Lipinski definition) is 5. The SMILES string of the molecule is CC(C)c1ccc(-c2csc3ncnc(Nc4ccc(C(F)(F)F)cn4)c23)cc1. The van der Waals surface area contributed by atoms with E-state index in [9.17, 15) is 13.2 Å². The fourth-order valence-electron chi connectivity index (χ4n) is 2.99. The van der Waals surface area contributed by atoms with Crippen molar-refractivity contribution >= 4 is 33.2 Å². The fraction of sp³-hybridized carbons (Fsp3) is 0.190. The van der Waals surface area contributed by atoms with Gasteiger partial charge in [0.1, 0.15) is 22.8 Å². The Bertz CT molecular complexity index is 1130. The number of pyridine rings is 1. The van der Waals surface area contributed by atoms with Gasteiger partial charge in [0.25, 0.3) is 0 Å². The molecule has 8 heteroatoms. The van der Waals surface area contributed by atoms with Gasteiger partial charge in [-0.15, -0.1) is 11.3 Å². The molecule has 0 spiro atoms. The number of nitrogens with zero attached hydrogens (tertiary/aromatic N) is 3. The molecular weight excluding hydrogens is 397 g/mol. The van der Waals surface area contributed by atoms with Crippen LogP contribution in [0.25, 0.3) is 21.3 Å². The van der Waals surface area contributed by atoms with Crippen LogP contribution < -0.4 is 5.32 Å². The normalized spacial score (nSPS) is 11.9. The van der Waals surface area contributed by atoms with Crippen LogP contribution in [0.15, 0.2) is 54.3 Å². The Kier molecular flexibility index (Phi) is 4.96. The zero-order chi connectivity index (χ0) is 20.6. The van der Waals surface area contributed by atoms with Gasteiger partial charge in [0.05, 0.1) is 10.9 Å². The number of benzene rings is 1. The Labute approximate surface area is 169 Å². The first-order valence-electron chi connectivity index (χ1n) is 8.95. The predicted molar refractivity (Wildman–Crippen MR) is 109 cm³/mol. The van der Waals surface area contributed by atoms with Gasteiger partial charge in [0.2, 0.25) is 0 Å². The molecule has 4 aromatic rings. The first-order valence-corrected chi connectivity index (χ1v) is 9.83. The van der Waals surface area contributed by atoms with E-state index in [0.29, 0.717) is 11.7 Å². The standard InChI is InChI=1S/C21H17F3N4S/c1-12(2)13-3-5-14(6-4-13)16-10-29-20-18(16)19(26-11-27-20)28-17-8-7-15(9-25-17)21(22,23)24/h3-12H,1-2H3,(H,25,26,27,28). The molecule has 0 saturated heterocycles. The van der Waals surface area contributed by atoms with E-state index >= 15 is 0 Å². The van der Waals surface area contributed by atoms with E-state index < -0.39 is 11.7 Å². The van der Waals surface area contributed by atoms with Crippen molar-refractivity contribution in [3.63, 3.8) is 0 Å². The van der Waals surface area contributed by atoms with Crippen molar-refractivity contribution < 1.29 is 13.2 Å². The highest BCUT2D eigenvalue weighted by Crippen LogP contribution is 2.38. The molecule has 0 aliphatic heterocycles. The lowest BCUT2D eigenvalue weighted by atomic mass is 9.99. The van der Waals surface area contributed by atoms with E-state index in [0.717, 1.165) is 33.6 Å². The smallest absolute Gasteiger partial charge is 0.324 e. The van der Waals surface area contributed by atoms with E-state index in [2.05, 4.69) is 58.4 Å². The van der Waals surface area contributed by atoms with Gasteiger partial charge in [-0.25, -0.2) is 15.0 Å². The Balaban J connectivity index is 1.71. The van der Waals surface area contributed by atoms with Gasteiger partial charge in [-0.2, -0.15) is 13.2 Å². The summed E-state index contributed by atoms with van der Waals surface area (Å²) in [4.78, 5) is 13.3. The molecule has 3 aromatic heterocycles. The fourth-order valence-corrected chi connectivity index (χ4v) is 3.90. The van der Waals surface area contributed by atoms with Crippen LogP contribution in [-0.4, -0.2) is 15.0 Å². The summed E-state index contributed by atoms with van der Waals surface area (Å²) in [5.41, 5.74) is 2.45. The van der Waals surface area contributed by atoms with Crippen molar-refractivity contribution in [3.8, 4) is 11.1 Å². The van der Waals surface area contributed by atoms with Gasteiger partial charge in [-0.1, -0.05) is 38.1 Å². The number of halogens is 3. The quantitative estimate of drug-likeness (QED) is 0.407. The monoisotopic (exact) mass is 414 g/mol. The van der Waals surface area contributed by atoms with Crippen LogP contribution in [0.3, 0.4) is 0 Å². The van der Waals surface area contributed by atoms with E-state index in [1.165, 1.54) is 29.3 Å². The summed E-state index contributed by atoms with van der Waals surface area (Å²) in [6.45, 7) is 4.28. The van der Waals surface area contributed by atoms with Crippen LogP contribution in [0.1, 0.15) is 30.9 Å². The summed E-state index contributed by atoms with van der Waals surface area (Å²) in [7, 11) is 0. The minimum atomic E-state index is -4.42. The molecule has 4 rings (SSSR count). The largest absolute Gasteiger partial charge is 0.417 e. The molecule has 0 unspecified atom stereocenters. The van der Waals surface area contributed by atoms with Crippen molar-refractivity contribution in [1.29, 1.82) is 0 Å². The number of anilines is 2. The van der Waals surface area contributed by atoms with Gasteiger partial charge < -0.3 is 5.32 Å². The molecule has 0 atom stereocenters. The maximum atomic E-state index is 12.8. The van der Waals surface area contributed by atoms with Crippen molar-refractivity contribution in [2.75, 3.05) is 5.32 Å². The van der Waals surface area contributed by atoms with Crippen LogP contribution in [0, 0.1) is 0 Å². The van der Waals surface area contributed by atoms with Gasteiger partial charge in [0, 0.05) is 17.1 Å². The van der Waals surface area contributed by atoms with Crippen LogP contribution in [0.4, 0.5) is 24.8 Å². The summed E-state index contributed by atoms with van der Waals surface area (Å²) < 4.78 is 38.3. The van der Waals surface area contributed by atoms with Crippen molar-refractivity contribution in [3.05, 3.63) is 65.4 Å².